The number of hydrogen-bond acceptors (Lipinski definition) is 6. The Morgan fingerprint density at radius 2 is 0.524 bits per heavy atom. The van der Waals surface area contributed by atoms with Gasteiger partial charge in [0.25, 0.3) is 0 Å². The fourth-order valence-corrected chi connectivity index (χ4v) is 8.50. The molecule has 0 fully saturated rings. The third-order valence-corrected chi connectivity index (χ3v) is 12.8. The summed E-state index contributed by atoms with van der Waals surface area (Å²) in [6.07, 6.45) is 59.8. The van der Waals surface area contributed by atoms with Crippen LogP contribution in [0.25, 0.3) is 0 Å². The van der Waals surface area contributed by atoms with Gasteiger partial charge in [0, 0.05) is 19.3 Å². The largest absolute Gasteiger partial charge is 0.462 e. The molecular weight excluding hydrogens is 781 g/mol. The number of ether oxygens (including phenoxy) is 3. The zero-order valence-electron chi connectivity index (χ0n) is 42.6. The predicted octanol–water partition coefficient (Wildman–Crippen LogP) is 18.5. The lowest BCUT2D eigenvalue weighted by Crippen LogP contribution is -2.30. The van der Waals surface area contributed by atoms with Gasteiger partial charge in [-0.25, -0.2) is 0 Å². The SMILES string of the molecule is CCCCCCC/C=C\CCCCCCCC(=O)OC(COC(=O)CCCCCCC)COC(=O)CCCCCCCCCCCCCCCCCCCCCCCCCCCC. The molecule has 0 radical (unpaired) electrons. The second kappa shape index (κ2) is 52.8. The van der Waals surface area contributed by atoms with Gasteiger partial charge in [-0.15, -0.1) is 0 Å². The molecule has 0 aromatic rings. The number of esters is 3. The van der Waals surface area contributed by atoms with Crippen LogP contribution in [0.1, 0.15) is 316 Å². The molecule has 6 heteroatoms. The standard InChI is InChI=1S/C57H108O6/c1-4-7-10-13-15-17-19-21-23-24-25-26-27-28-29-30-31-32-33-34-36-37-39-41-44-47-50-56(59)62-53-54(52-61-55(58)49-46-43-12-9-6-3)63-57(60)51-48-45-42-40-38-35-22-20-18-16-14-11-8-5-2/h20,22,54H,4-19,21,23-53H2,1-3H3/b22-20-. The maximum absolute atomic E-state index is 12.7. The summed E-state index contributed by atoms with van der Waals surface area (Å²) in [7, 11) is 0. The number of unbranched alkanes of at least 4 members (excludes halogenated alkanes) is 39. The van der Waals surface area contributed by atoms with E-state index < -0.39 is 6.10 Å². The van der Waals surface area contributed by atoms with Crippen molar-refractivity contribution in [3.63, 3.8) is 0 Å². The first-order valence-corrected chi connectivity index (χ1v) is 28.2. The fraction of sp³-hybridized carbons (Fsp3) is 0.912. The van der Waals surface area contributed by atoms with Crippen LogP contribution in [0.4, 0.5) is 0 Å². The van der Waals surface area contributed by atoms with Gasteiger partial charge in [0.05, 0.1) is 0 Å². The van der Waals surface area contributed by atoms with E-state index in [1.807, 2.05) is 0 Å². The maximum Gasteiger partial charge on any atom is 0.306 e. The van der Waals surface area contributed by atoms with E-state index in [0.29, 0.717) is 19.3 Å². The smallest absolute Gasteiger partial charge is 0.306 e. The third-order valence-electron chi connectivity index (χ3n) is 12.8. The lowest BCUT2D eigenvalue weighted by atomic mass is 10.0. The first kappa shape index (κ1) is 61.1. The summed E-state index contributed by atoms with van der Waals surface area (Å²) >= 11 is 0. The van der Waals surface area contributed by atoms with E-state index in [9.17, 15) is 14.4 Å². The monoisotopic (exact) mass is 889 g/mol. The van der Waals surface area contributed by atoms with Gasteiger partial charge < -0.3 is 14.2 Å². The van der Waals surface area contributed by atoms with Crippen LogP contribution in [0, 0.1) is 0 Å². The molecule has 0 aliphatic heterocycles. The van der Waals surface area contributed by atoms with Gasteiger partial charge in [-0.05, 0) is 44.9 Å². The van der Waals surface area contributed by atoms with Gasteiger partial charge in [-0.2, -0.15) is 0 Å². The Bertz CT molecular complexity index is 978. The van der Waals surface area contributed by atoms with Crippen LogP contribution >= 0.6 is 0 Å². The van der Waals surface area contributed by atoms with E-state index in [0.717, 1.165) is 70.6 Å². The Labute approximate surface area is 392 Å². The van der Waals surface area contributed by atoms with Gasteiger partial charge in [-0.3, -0.25) is 14.4 Å². The lowest BCUT2D eigenvalue weighted by Gasteiger charge is -2.18. The van der Waals surface area contributed by atoms with Crippen molar-refractivity contribution in [2.75, 3.05) is 13.2 Å². The van der Waals surface area contributed by atoms with Crippen LogP contribution in [0.3, 0.4) is 0 Å². The molecular formula is C57H108O6. The van der Waals surface area contributed by atoms with Crippen molar-refractivity contribution in [1.82, 2.24) is 0 Å². The molecule has 0 aromatic carbocycles. The van der Waals surface area contributed by atoms with E-state index in [4.69, 9.17) is 14.2 Å². The molecule has 0 N–H and O–H groups in total. The summed E-state index contributed by atoms with van der Waals surface area (Å²) < 4.78 is 16.7. The van der Waals surface area contributed by atoms with E-state index in [2.05, 4.69) is 32.9 Å². The molecule has 0 bridgehead atoms. The molecule has 0 aliphatic rings. The predicted molar refractivity (Wildman–Crippen MR) is 270 cm³/mol. The normalized spacial score (nSPS) is 12.0. The van der Waals surface area contributed by atoms with Crippen LogP contribution in [0.5, 0.6) is 0 Å². The first-order valence-electron chi connectivity index (χ1n) is 28.2. The zero-order valence-corrected chi connectivity index (χ0v) is 42.6. The molecule has 1 unspecified atom stereocenters. The number of carbonyl (C=O) groups is 3. The van der Waals surface area contributed by atoms with Crippen molar-refractivity contribution in [2.45, 2.75) is 322 Å². The number of carbonyl (C=O) groups excluding carboxylic acids is 3. The van der Waals surface area contributed by atoms with E-state index >= 15 is 0 Å². The van der Waals surface area contributed by atoms with Gasteiger partial charge in [-0.1, -0.05) is 264 Å². The van der Waals surface area contributed by atoms with Crippen molar-refractivity contribution in [1.29, 1.82) is 0 Å². The van der Waals surface area contributed by atoms with E-state index in [-0.39, 0.29) is 31.1 Å². The Morgan fingerprint density at radius 3 is 0.794 bits per heavy atom. The van der Waals surface area contributed by atoms with Crippen molar-refractivity contribution in [3.8, 4) is 0 Å². The third kappa shape index (κ3) is 51.0. The highest BCUT2D eigenvalue weighted by molar-refractivity contribution is 5.71. The average Bonchev–Trinajstić information content (AvgIpc) is 3.28. The van der Waals surface area contributed by atoms with Gasteiger partial charge >= 0.3 is 17.9 Å². The minimum absolute atomic E-state index is 0.0694. The summed E-state index contributed by atoms with van der Waals surface area (Å²) in [5.41, 5.74) is 0. The van der Waals surface area contributed by atoms with Crippen molar-refractivity contribution < 1.29 is 28.6 Å². The van der Waals surface area contributed by atoms with Crippen molar-refractivity contribution >= 4 is 17.9 Å². The highest BCUT2D eigenvalue weighted by Gasteiger charge is 2.19. The van der Waals surface area contributed by atoms with E-state index in [1.54, 1.807) is 0 Å². The van der Waals surface area contributed by atoms with Gasteiger partial charge in [0.1, 0.15) is 13.2 Å². The molecule has 0 rings (SSSR count). The Balaban J connectivity index is 3.97. The number of allylic oxidation sites excluding steroid dienone is 2. The molecule has 1 atom stereocenters. The Kier molecular flexibility index (Phi) is 51.2. The lowest BCUT2D eigenvalue weighted by molar-refractivity contribution is -0.167. The average molecular weight is 889 g/mol. The molecule has 0 aromatic heterocycles. The van der Waals surface area contributed by atoms with Crippen molar-refractivity contribution in [3.05, 3.63) is 12.2 Å². The van der Waals surface area contributed by atoms with Crippen LogP contribution in [0.2, 0.25) is 0 Å². The minimum atomic E-state index is -0.766. The fourth-order valence-electron chi connectivity index (χ4n) is 8.50. The minimum Gasteiger partial charge on any atom is -0.462 e. The maximum atomic E-state index is 12.7. The van der Waals surface area contributed by atoms with Gasteiger partial charge in [0.2, 0.25) is 0 Å². The number of rotatable bonds is 52. The molecule has 0 saturated carbocycles. The molecule has 63 heavy (non-hydrogen) atoms. The second-order valence-electron chi connectivity index (χ2n) is 19.2. The summed E-state index contributed by atoms with van der Waals surface area (Å²) in [4.78, 5) is 37.7. The second-order valence-corrected chi connectivity index (χ2v) is 19.2. The van der Waals surface area contributed by atoms with Crippen LogP contribution in [0.15, 0.2) is 12.2 Å². The first-order chi connectivity index (χ1) is 31.0. The summed E-state index contributed by atoms with van der Waals surface area (Å²) in [6, 6.07) is 0. The van der Waals surface area contributed by atoms with Gasteiger partial charge in [0.15, 0.2) is 6.10 Å². The number of hydrogen-bond donors (Lipinski definition) is 0. The molecule has 0 aliphatic carbocycles. The highest BCUT2D eigenvalue weighted by Crippen LogP contribution is 2.17. The molecule has 0 spiro atoms. The summed E-state index contributed by atoms with van der Waals surface area (Å²) in [6.45, 7) is 6.58. The molecule has 0 amide bonds. The topological polar surface area (TPSA) is 78.9 Å². The summed E-state index contributed by atoms with van der Waals surface area (Å²) in [5, 5.41) is 0. The zero-order chi connectivity index (χ0) is 45.8. The van der Waals surface area contributed by atoms with Crippen LogP contribution < -0.4 is 0 Å². The molecule has 372 valence electrons. The summed E-state index contributed by atoms with van der Waals surface area (Å²) in [5.74, 6) is -0.875. The highest BCUT2D eigenvalue weighted by atomic mass is 16.6. The molecule has 0 saturated heterocycles. The Hall–Kier alpha value is -1.85. The molecule has 6 nitrogen and oxygen atoms in total. The van der Waals surface area contributed by atoms with Crippen LogP contribution in [-0.4, -0.2) is 37.2 Å². The van der Waals surface area contributed by atoms with Crippen LogP contribution in [-0.2, 0) is 28.6 Å². The van der Waals surface area contributed by atoms with E-state index in [1.165, 1.54) is 205 Å². The quantitative estimate of drug-likeness (QED) is 0.0262. The molecule has 0 heterocycles. The Morgan fingerprint density at radius 1 is 0.302 bits per heavy atom. The van der Waals surface area contributed by atoms with Crippen molar-refractivity contribution in [2.24, 2.45) is 0 Å².